The number of unbranched alkanes of at least 4 members (excludes halogenated alkanes) is 20. The Morgan fingerprint density at radius 2 is 0.702 bits per heavy atom. The Labute approximate surface area is 291 Å². The molecule has 0 spiro atoms. The van der Waals surface area contributed by atoms with Crippen molar-refractivity contribution in [3.8, 4) is 0 Å². The molecule has 0 saturated heterocycles. The van der Waals surface area contributed by atoms with Gasteiger partial charge in [-0.05, 0) is 31.1 Å². The molecule has 0 aromatic carbocycles. The van der Waals surface area contributed by atoms with Gasteiger partial charge in [0.1, 0.15) is 13.2 Å². The molecule has 6 nitrogen and oxygen atoms in total. The molecule has 0 N–H and O–H groups in total. The normalized spacial score (nSPS) is 12.1. The van der Waals surface area contributed by atoms with Gasteiger partial charge in [0.2, 0.25) is 0 Å². The highest BCUT2D eigenvalue weighted by atomic mass is 16.6. The van der Waals surface area contributed by atoms with Crippen molar-refractivity contribution in [2.24, 2.45) is 11.8 Å². The van der Waals surface area contributed by atoms with E-state index in [1.54, 1.807) is 0 Å². The molecule has 0 bridgehead atoms. The highest BCUT2D eigenvalue weighted by molar-refractivity contribution is 5.71. The summed E-state index contributed by atoms with van der Waals surface area (Å²) < 4.78 is 16.6. The van der Waals surface area contributed by atoms with Crippen molar-refractivity contribution >= 4 is 17.9 Å². The molecule has 47 heavy (non-hydrogen) atoms. The zero-order valence-electron chi connectivity index (χ0n) is 31.9. The van der Waals surface area contributed by atoms with Gasteiger partial charge < -0.3 is 14.2 Å². The second-order valence-electron chi connectivity index (χ2n) is 14.9. The minimum absolute atomic E-state index is 0.0673. The van der Waals surface area contributed by atoms with Crippen LogP contribution in [0.1, 0.15) is 214 Å². The molecule has 6 heteroatoms. The Morgan fingerprint density at radius 3 is 1.04 bits per heavy atom. The van der Waals surface area contributed by atoms with E-state index in [2.05, 4.69) is 34.6 Å². The summed E-state index contributed by atoms with van der Waals surface area (Å²) >= 11 is 0. The van der Waals surface area contributed by atoms with Crippen molar-refractivity contribution in [1.29, 1.82) is 0 Å². The first kappa shape index (κ1) is 45.4. The summed E-state index contributed by atoms with van der Waals surface area (Å²) in [4.78, 5) is 37.4. The van der Waals surface area contributed by atoms with Gasteiger partial charge in [-0.1, -0.05) is 176 Å². The fraction of sp³-hybridized carbons (Fsp3) is 0.927. The van der Waals surface area contributed by atoms with E-state index < -0.39 is 6.10 Å². The number of hydrogen-bond donors (Lipinski definition) is 0. The average Bonchev–Trinajstić information content (AvgIpc) is 3.03. The van der Waals surface area contributed by atoms with E-state index in [4.69, 9.17) is 14.2 Å². The van der Waals surface area contributed by atoms with Crippen molar-refractivity contribution in [1.82, 2.24) is 0 Å². The number of esters is 3. The number of carbonyl (C=O) groups excluding carboxylic acids is 3. The third-order valence-electron chi connectivity index (χ3n) is 8.97. The number of rotatable bonds is 35. The molecule has 0 aromatic rings. The Morgan fingerprint density at radius 1 is 0.404 bits per heavy atom. The Kier molecular flexibility index (Phi) is 33.1. The van der Waals surface area contributed by atoms with Gasteiger partial charge in [-0.3, -0.25) is 14.4 Å². The van der Waals surface area contributed by atoms with Gasteiger partial charge in [0, 0.05) is 19.3 Å². The van der Waals surface area contributed by atoms with Gasteiger partial charge in [-0.2, -0.15) is 0 Å². The topological polar surface area (TPSA) is 78.9 Å². The molecule has 0 radical (unpaired) electrons. The minimum Gasteiger partial charge on any atom is -0.462 e. The average molecular weight is 667 g/mol. The van der Waals surface area contributed by atoms with Gasteiger partial charge in [0.15, 0.2) is 6.10 Å². The third kappa shape index (κ3) is 35.5. The second kappa shape index (κ2) is 34.3. The lowest BCUT2D eigenvalue weighted by Crippen LogP contribution is -2.30. The third-order valence-corrected chi connectivity index (χ3v) is 8.97. The highest BCUT2D eigenvalue weighted by Crippen LogP contribution is 2.15. The lowest BCUT2D eigenvalue weighted by atomic mass is 10.0. The van der Waals surface area contributed by atoms with Crippen molar-refractivity contribution in [2.75, 3.05) is 13.2 Å². The van der Waals surface area contributed by atoms with Crippen LogP contribution in [0.3, 0.4) is 0 Å². The van der Waals surface area contributed by atoms with Gasteiger partial charge in [0.05, 0.1) is 0 Å². The van der Waals surface area contributed by atoms with Crippen LogP contribution in [0.5, 0.6) is 0 Å². The summed E-state index contributed by atoms with van der Waals surface area (Å²) in [5.41, 5.74) is 0. The largest absolute Gasteiger partial charge is 0.462 e. The Bertz CT molecular complexity index is 719. The Balaban J connectivity index is 4.32. The van der Waals surface area contributed by atoms with Crippen molar-refractivity contribution in [3.63, 3.8) is 0 Å². The molecular weight excluding hydrogens is 588 g/mol. The van der Waals surface area contributed by atoms with Gasteiger partial charge >= 0.3 is 17.9 Å². The predicted octanol–water partition coefficient (Wildman–Crippen LogP) is 12.2. The van der Waals surface area contributed by atoms with Gasteiger partial charge in [-0.25, -0.2) is 0 Å². The minimum atomic E-state index is -0.758. The summed E-state index contributed by atoms with van der Waals surface area (Å²) in [6.45, 7) is 11.2. The maximum Gasteiger partial charge on any atom is 0.306 e. The molecule has 0 amide bonds. The number of ether oxygens (including phenoxy) is 3. The first-order valence-corrected chi connectivity index (χ1v) is 20.2. The van der Waals surface area contributed by atoms with E-state index in [1.165, 1.54) is 103 Å². The standard InChI is InChI=1S/C41H78O6/c1-6-7-8-9-14-21-26-31-39(42)45-34-38(35-46-40(43)32-27-22-18-17-20-25-30-37(4)5)47-41(44)33-28-23-16-13-11-10-12-15-19-24-29-36(2)3/h36-38H,6-35H2,1-5H3/t38-/m0/s1. The quantitative estimate of drug-likeness (QED) is 0.0380. The summed E-state index contributed by atoms with van der Waals surface area (Å²) in [5, 5.41) is 0. The van der Waals surface area contributed by atoms with E-state index in [0.717, 1.165) is 69.6 Å². The first-order valence-electron chi connectivity index (χ1n) is 20.2. The van der Waals surface area contributed by atoms with Crippen LogP contribution < -0.4 is 0 Å². The van der Waals surface area contributed by atoms with Crippen LogP contribution in [0, 0.1) is 11.8 Å². The van der Waals surface area contributed by atoms with E-state index in [1.807, 2.05) is 0 Å². The predicted molar refractivity (Wildman–Crippen MR) is 196 cm³/mol. The van der Waals surface area contributed by atoms with E-state index >= 15 is 0 Å². The fourth-order valence-corrected chi connectivity index (χ4v) is 5.87. The van der Waals surface area contributed by atoms with E-state index in [9.17, 15) is 14.4 Å². The number of hydrogen-bond acceptors (Lipinski definition) is 6. The molecule has 0 fully saturated rings. The monoisotopic (exact) mass is 667 g/mol. The molecule has 0 aliphatic rings. The van der Waals surface area contributed by atoms with Crippen LogP contribution in [0.25, 0.3) is 0 Å². The molecular formula is C41H78O6. The molecule has 278 valence electrons. The molecule has 0 aliphatic carbocycles. The van der Waals surface area contributed by atoms with Gasteiger partial charge in [0.25, 0.3) is 0 Å². The highest BCUT2D eigenvalue weighted by Gasteiger charge is 2.19. The molecule has 0 aliphatic heterocycles. The molecule has 0 rings (SSSR count). The van der Waals surface area contributed by atoms with Crippen molar-refractivity contribution in [2.45, 2.75) is 221 Å². The van der Waals surface area contributed by atoms with Gasteiger partial charge in [-0.15, -0.1) is 0 Å². The Hall–Kier alpha value is -1.59. The van der Waals surface area contributed by atoms with Crippen LogP contribution in [-0.4, -0.2) is 37.2 Å². The lowest BCUT2D eigenvalue weighted by molar-refractivity contribution is -0.167. The SMILES string of the molecule is CCCCCCCCCC(=O)OC[C@@H](COC(=O)CCCCCCCCC(C)C)OC(=O)CCCCCCCCCCCCC(C)C. The lowest BCUT2D eigenvalue weighted by Gasteiger charge is -2.18. The fourth-order valence-electron chi connectivity index (χ4n) is 5.87. The van der Waals surface area contributed by atoms with Crippen LogP contribution >= 0.6 is 0 Å². The second-order valence-corrected chi connectivity index (χ2v) is 14.9. The maximum atomic E-state index is 12.6. The van der Waals surface area contributed by atoms with Crippen LogP contribution in [0.2, 0.25) is 0 Å². The van der Waals surface area contributed by atoms with Crippen LogP contribution in [-0.2, 0) is 28.6 Å². The molecule has 1 atom stereocenters. The summed E-state index contributed by atoms with van der Waals surface area (Å²) in [6.07, 6.45) is 29.7. The summed E-state index contributed by atoms with van der Waals surface area (Å²) in [6, 6.07) is 0. The molecule has 0 aromatic heterocycles. The zero-order chi connectivity index (χ0) is 34.8. The molecule has 0 saturated carbocycles. The molecule has 0 heterocycles. The summed E-state index contributed by atoms with van der Waals surface area (Å²) in [7, 11) is 0. The van der Waals surface area contributed by atoms with E-state index in [-0.39, 0.29) is 31.1 Å². The summed E-state index contributed by atoms with van der Waals surface area (Å²) in [5.74, 6) is 0.704. The maximum absolute atomic E-state index is 12.6. The molecule has 0 unspecified atom stereocenters. The van der Waals surface area contributed by atoms with Crippen molar-refractivity contribution in [3.05, 3.63) is 0 Å². The van der Waals surface area contributed by atoms with E-state index in [0.29, 0.717) is 19.3 Å². The first-order chi connectivity index (χ1) is 22.7. The van der Waals surface area contributed by atoms with Crippen LogP contribution in [0.4, 0.5) is 0 Å². The number of carbonyl (C=O) groups is 3. The van der Waals surface area contributed by atoms with Crippen LogP contribution in [0.15, 0.2) is 0 Å². The van der Waals surface area contributed by atoms with Crippen molar-refractivity contribution < 1.29 is 28.6 Å². The smallest absolute Gasteiger partial charge is 0.306 e. The zero-order valence-corrected chi connectivity index (χ0v) is 31.9.